The molecule has 0 atom stereocenters. The predicted molar refractivity (Wildman–Crippen MR) is 104 cm³/mol. The average molecular weight is 348 g/mol. The molecule has 0 radical (unpaired) electrons. The fourth-order valence-electron chi connectivity index (χ4n) is 2.45. The van der Waals surface area contributed by atoms with Crippen molar-refractivity contribution >= 4 is 23.0 Å². The Balaban J connectivity index is 1.64. The van der Waals surface area contributed by atoms with Crippen molar-refractivity contribution in [1.29, 1.82) is 0 Å². The molecule has 3 rings (SSSR count). The maximum absolute atomic E-state index is 12.3. The summed E-state index contributed by atoms with van der Waals surface area (Å²) in [5.74, 6) is 1.28. The molecule has 132 valence electrons. The van der Waals surface area contributed by atoms with Crippen molar-refractivity contribution in [3.63, 3.8) is 0 Å². The Kier molecular flexibility index (Phi) is 5.39. The van der Waals surface area contributed by atoms with Crippen LogP contribution in [0.15, 0.2) is 72.8 Å². The molecule has 0 heterocycles. The minimum Gasteiger partial charge on any atom is -0.497 e. The van der Waals surface area contributed by atoms with Gasteiger partial charge in [-0.3, -0.25) is 4.79 Å². The van der Waals surface area contributed by atoms with Crippen LogP contribution in [-0.4, -0.2) is 20.1 Å². The molecule has 0 aliphatic rings. The second-order valence-corrected chi connectivity index (χ2v) is 5.62. The van der Waals surface area contributed by atoms with Crippen LogP contribution in [0, 0.1) is 0 Å². The van der Waals surface area contributed by atoms with Crippen LogP contribution in [0.1, 0.15) is 10.4 Å². The quantitative estimate of drug-likeness (QED) is 0.678. The highest BCUT2D eigenvalue weighted by molar-refractivity contribution is 6.04. The number of nitrogens with one attached hydrogen (secondary N) is 2. The monoisotopic (exact) mass is 348 g/mol. The summed E-state index contributed by atoms with van der Waals surface area (Å²) in [7, 11) is 3.21. The Hall–Kier alpha value is -3.47. The van der Waals surface area contributed by atoms with E-state index in [4.69, 9.17) is 9.47 Å². The van der Waals surface area contributed by atoms with Crippen molar-refractivity contribution in [2.24, 2.45) is 0 Å². The first-order chi connectivity index (χ1) is 12.7. The number of carbonyl (C=O) groups is 1. The number of methoxy groups -OCH3 is 2. The molecular formula is C21H20N2O3. The van der Waals surface area contributed by atoms with E-state index in [0.717, 1.165) is 22.8 Å². The third kappa shape index (κ3) is 4.33. The van der Waals surface area contributed by atoms with Crippen LogP contribution >= 0.6 is 0 Å². The Bertz CT molecular complexity index is 875. The van der Waals surface area contributed by atoms with Gasteiger partial charge in [0, 0.05) is 22.6 Å². The summed E-state index contributed by atoms with van der Waals surface area (Å²) in [6, 6.07) is 22.2. The lowest BCUT2D eigenvalue weighted by molar-refractivity contribution is 0.102. The van der Waals surface area contributed by atoms with E-state index in [1.54, 1.807) is 38.5 Å². The molecule has 3 aromatic carbocycles. The number of hydrogen-bond acceptors (Lipinski definition) is 4. The maximum atomic E-state index is 12.3. The van der Waals surface area contributed by atoms with Gasteiger partial charge in [-0.1, -0.05) is 6.07 Å². The highest BCUT2D eigenvalue weighted by atomic mass is 16.5. The average Bonchev–Trinajstić information content (AvgIpc) is 2.70. The number of hydrogen-bond donors (Lipinski definition) is 2. The molecular weight excluding hydrogens is 328 g/mol. The minimum absolute atomic E-state index is 0.181. The number of rotatable bonds is 6. The molecule has 0 fully saturated rings. The summed E-state index contributed by atoms with van der Waals surface area (Å²) in [6.45, 7) is 0. The van der Waals surface area contributed by atoms with Crippen LogP contribution in [0.5, 0.6) is 11.5 Å². The van der Waals surface area contributed by atoms with Gasteiger partial charge in [0.25, 0.3) is 5.91 Å². The summed E-state index contributed by atoms with van der Waals surface area (Å²) in [5.41, 5.74) is 3.15. The van der Waals surface area contributed by atoms with Crippen LogP contribution in [-0.2, 0) is 0 Å². The third-order valence-electron chi connectivity index (χ3n) is 3.85. The molecule has 0 saturated carbocycles. The molecule has 0 unspecified atom stereocenters. The summed E-state index contributed by atoms with van der Waals surface area (Å²) in [4.78, 5) is 12.3. The Morgan fingerprint density at radius 2 is 1.31 bits per heavy atom. The van der Waals surface area contributed by atoms with Gasteiger partial charge in [-0.25, -0.2) is 0 Å². The minimum atomic E-state index is -0.181. The van der Waals surface area contributed by atoms with Crippen molar-refractivity contribution in [2.45, 2.75) is 0 Å². The van der Waals surface area contributed by atoms with Crippen molar-refractivity contribution in [1.82, 2.24) is 0 Å². The smallest absolute Gasteiger partial charge is 0.255 e. The van der Waals surface area contributed by atoms with Gasteiger partial charge in [-0.15, -0.1) is 0 Å². The van der Waals surface area contributed by atoms with Gasteiger partial charge in [0.2, 0.25) is 0 Å². The summed E-state index contributed by atoms with van der Waals surface area (Å²) < 4.78 is 10.3. The zero-order chi connectivity index (χ0) is 18.4. The van der Waals surface area contributed by atoms with Crippen molar-refractivity contribution < 1.29 is 14.3 Å². The zero-order valence-corrected chi connectivity index (χ0v) is 14.7. The Morgan fingerprint density at radius 3 is 1.92 bits per heavy atom. The van der Waals surface area contributed by atoms with Crippen molar-refractivity contribution in [3.8, 4) is 11.5 Å². The largest absolute Gasteiger partial charge is 0.497 e. The van der Waals surface area contributed by atoms with E-state index in [1.165, 1.54) is 0 Å². The van der Waals surface area contributed by atoms with E-state index in [0.29, 0.717) is 11.3 Å². The van der Waals surface area contributed by atoms with E-state index < -0.39 is 0 Å². The number of ether oxygens (including phenoxy) is 2. The van der Waals surface area contributed by atoms with Gasteiger partial charge < -0.3 is 20.1 Å². The molecule has 0 aliphatic heterocycles. The van der Waals surface area contributed by atoms with Crippen LogP contribution in [0.4, 0.5) is 17.1 Å². The Morgan fingerprint density at radius 1 is 0.731 bits per heavy atom. The van der Waals surface area contributed by atoms with Crippen molar-refractivity contribution in [3.05, 3.63) is 78.4 Å². The van der Waals surface area contributed by atoms with Gasteiger partial charge in [-0.05, 0) is 66.7 Å². The zero-order valence-electron chi connectivity index (χ0n) is 14.7. The van der Waals surface area contributed by atoms with Crippen LogP contribution in [0.25, 0.3) is 0 Å². The normalized spacial score (nSPS) is 10.1. The molecule has 0 bridgehead atoms. The number of carbonyl (C=O) groups excluding carboxylic acids is 1. The summed E-state index contributed by atoms with van der Waals surface area (Å²) >= 11 is 0. The molecule has 1 amide bonds. The molecule has 0 aromatic heterocycles. The van der Waals surface area contributed by atoms with Crippen LogP contribution in [0.2, 0.25) is 0 Å². The summed E-state index contributed by atoms with van der Waals surface area (Å²) in [6.07, 6.45) is 0. The van der Waals surface area contributed by atoms with E-state index in [1.807, 2.05) is 48.5 Å². The van der Waals surface area contributed by atoms with Crippen molar-refractivity contribution in [2.75, 3.05) is 24.9 Å². The first kappa shape index (κ1) is 17.4. The number of anilines is 3. The molecule has 0 saturated heterocycles. The van der Waals surface area contributed by atoms with Gasteiger partial charge >= 0.3 is 0 Å². The fraction of sp³-hybridized carbons (Fsp3) is 0.0952. The lowest BCUT2D eigenvalue weighted by Crippen LogP contribution is -2.11. The molecule has 3 aromatic rings. The second-order valence-electron chi connectivity index (χ2n) is 5.62. The standard InChI is InChI=1S/C21H20N2O3/c1-25-19-12-10-17(11-13-19)22-16-6-8-18(9-7-16)23-21(24)15-4-3-5-20(14-15)26-2/h3-14,22H,1-2H3,(H,23,24). The van der Waals surface area contributed by atoms with Gasteiger partial charge in [0.05, 0.1) is 14.2 Å². The lowest BCUT2D eigenvalue weighted by atomic mass is 10.2. The van der Waals surface area contributed by atoms with Gasteiger partial charge in [0.1, 0.15) is 11.5 Å². The summed E-state index contributed by atoms with van der Waals surface area (Å²) in [5, 5.41) is 6.17. The van der Waals surface area contributed by atoms with E-state index >= 15 is 0 Å². The molecule has 0 spiro atoms. The maximum Gasteiger partial charge on any atom is 0.255 e. The SMILES string of the molecule is COc1ccc(Nc2ccc(NC(=O)c3cccc(OC)c3)cc2)cc1. The van der Waals surface area contributed by atoms with Crippen LogP contribution < -0.4 is 20.1 Å². The first-order valence-electron chi connectivity index (χ1n) is 8.14. The predicted octanol–water partition coefficient (Wildman–Crippen LogP) is 4.70. The number of amides is 1. The Labute approximate surface area is 152 Å². The highest BCUT2D eigenvalue weighted by Gasteiger charge is 2.07. The first-order valence-corrected chi connectivity index (χ1v) is 8.14. The lowest BCUT2D eigenvalue weighted by Gasteiger charge is -2.10. The number of benzene rings is 3. The second kappa shape index (κ2) is 8.07. The fourth-order valence-corrected chi connectivity index (χ4v) is 2.45. The van der Waals surface area contributed by atoms with Crippen LogP contribution in [0.3, 0.4) is 0 Å². The molecule has 26 heavy (non-hydrogen) atoms. The van der Waals surface area contributed by atoms with E-state index in [2.05, 4.69) is 10.6 Å². The van der Waals surface area contributed by atoms with E-state index in [-0.39, 0.29) is 5.91 Å². The third-order valence-corrected chi connectivity index (χ3v) is 3.85. The highest BCUT2D eigenvalue weighted by Crippen LogP contribution is 2.22. The van der Waals surface area contributed by atoms with Gasteiger partial charge in [-0.2, -0.15) is 0 Å². The molecule has 2 N–H and O–H groups in total. The van der Waals surface area contributed by atoms with E-state index in [9.17, 15) is 4.79 Å². The molecule has 5 heteroatoms. The molecule has 5 nitrogen and oxygen atoms in total. The van der Waals surface area contributed by atoms with Gasteiger partial charge in [0.15, 0.2) is 0 Å². The topological polar surface area (TPSA) is 59.6 Å². The molecule has 0 aliphatic carbocycles.